The van der Waals surface area contributed by atoms with Crippen molar-refractivity contribution in [2.75, 3.05) is 13.2 Å². The lowest BCUT2D eigenvalue weighted by Crippen LogP contribution is -2.58. The second-order valence-electron chi connectivity index (χ2n) is 8.64. The third-order valence-electron chi connectivity index (χ3n) is 5.42. The Bertz CT molecular complexity index is 1030. The van der Waals surface area contributed by atoms with Crippen molar-refractivity contribution < 1.29 is 39.3 Å². The predicted molar refractivity (Wildman–Crippen MR) is 139 cm³/mol. The van der Waals surface area contributed by atoms with E-state index < -0.39 is 60.4 Å². The second-order valence-corrected chi connectivity index (χ2v) is 8.64. The first-order valence-corrected chi connectivity index (χ1v) is 12.0. The number of aliphatic carboxylic acids is 1. The minimum Gasteiger partial charge on any atom is -0.508 e. The Kier molecular flexibility index (Phi) is 13.7. The summed E-state index contributed by atoms with van der Waals surface area (Å²) in [6.07, 6.45) is -0.283. The minimum atomic E-state index is -1.57. The topological polar surface area (TPSA) is 299 Å². The summed E-state index contributed by atoms with van der Waals surface area (Å²) in [5.74, 6) is -4.93. The number of aliphatic hydroxyl groups is 1. The van der Waals surface area contributed by atoms with Crippen LogP contribution in [0.1, 0.15) is 31.2 Å². The third kappa shape index (κ3) is 12.6. The van der Waals surface area contributed by atoms with Crippen LogP contribution in [-0.2, 0) is 30.4 Å². The average molecular weight is 553 g/mol. The molecule has 0 heterocycles. The molecule has 0 saturated carbocycles. The van der Waals surface area contributed by atoms with Crippen molar-refractivity contribution >= 4 is 35.6 Å². The molecule has 0 aliphatic rings. The van der Waals surface area contributed by atoms with Crippen LogP contribution >= 0.6 is 0 Å². The van der Waals surface area contributed by atoms with Crippen LogP contribution in [0.15, 0.2) is 29.3 Å². The molecule has 4 amide bonds. The van der Waals surface area contributed by atoms with Crippen molar-refractivity contribution in [2.24, 2.45) is 27.9 Å². The Morgan fingerprint density at radius 3 is 1.95 bits per heavy atom. The number of aromatic hydroxyl groups is 1. The van der Waals surface area contributed by atoms with Crippen LogP contribution in [-0.4, -0.2) is 88.2 Å². The number of aliphatic hydroxyl groups excluding tert-OH is 1. The van der Waals surface area contributed by atoms with Gasteiger partial charge in [0, 0.05) is 13.0 Å². The Labute approximate surface area is 224 Å². The maximum atomic E-state index is 12.9. The molecule has 0 aromatic heterocycles. The van der Waals surface area contributed by atoms with Crippen molar-refractivity contribution in [1.29, 1.82) is 0 Å². The number of carbonyl (C=O) groups excluding carboxylic acids is 4. The van der Waals surface area contributed by atoms with Crippen LogP contribution in [0.5, 0.6) is 5.75 Å². The molecule has 1 aromatic rings. The number of guanidine groups is 1. The number of nitrogens with two attached hydrogens (primary N) is 4. The molecule has 0 radical (unpaired) electrons. The summed E-state index contributed by atoms with van der Waals surface area (Å²) in [6.45, 7) is -0.771. The summed E-state index contributed by atoms with van der Waals surface area (Å²) in [6, 6.07) is 0.574. The van der Waals surface area contributed by atoms with Gasteiger partial charge in [0.25, 0.3) is 0 Å². The molecule has 1 rings (SSSR count). The summed E-state index contributed by atoms with van der Waals surface area (Å²) in [5, 5.41) is 35.3. The van der Waals surface area contributed by atoms with Crippen LogP contribution in [0, 0.1) is 0 Å². The van der Waals surface area contributed by atoms with Gasteiger partial charge in [-0.05, 0) is 43.4 Å². The molecule has 4 unspecified atom stereocenters. The molecule has 16 heteroatoms. The average Bonchev–Trinajstić information content (AvgIpc) is 2.87. The highest BCUT2D eigenvalue weighted by Gasteiger charge is 2.30. The van der Waals surface area contributed by atoms with Gasteiger partial charge < -0.3 is 54.2 Å². The zero-order valence-electron chi connectivity index (χ0n) is 21.2. The standard InChI is InChI=1S/C23H36N8O8/c24-14(10-12-3-5-13(33)6-4-12)19(35)29-15(7-8-18(25)34)20(36)31-17(11-32)21(37)30-16(22(38)39)2-1-9-28-23(26)27/h3-6,14-17,32-33H,1-2,7-11,24H2,(H2,25,34)(H,29,35)(H,30,37)(H,31,36)(H,38,39)(H4,26,27,28). The lowest BCUT2D eigenvalue weighted by atomic mass is 10.0. The number of amides is 4. The van der Waals surface area contributed by atoms with E-state index in [1.54, 1.807) is 12.1 Å². The Morgan fingerprint density at radius 1 is 0.846 bits per heavy atom. The molecule has 39 heavy (non-hydrogen) atoms. The lowest BCUT2D eigenvalue weighted by molar-refractivity contribution is -0.142. The number of phenolic OH excluding ortho intramolecular Hbond substituents is 1. The van der Waals surface area contributed by atoms with E-state index in [0.717, 1.165) is 0 Å². The van der Waals surface area contributed by atoms with E-state index in [1.165, 1.54) is 12.1 Å². The highest BCUT2D eigenvalue weighted by molar-refractivity contribution is 5.94. The van der Waals surface area contributed by atoms with Crippen molar-refractivity contribution in [3.63, 3.8) is 0 Å². The fourth-order valence-corrected chi connectivity index (χ4v) is 3.31. The molecule has 0 bridgehead atoms. The third-order valence-corrected chi connectivity index (χ3v) is 5.42. The Morgan fingerprint density at radius 2 is 1.41 bits per heavy atom. The van der Waals surface area contributed by atoms with E-state index >= 15 is 0 Å². The summed E-state index contributed by atoms with van der Waals surface area (Å²) in [7, 11) is 0. The normalized spacial score (nSPS) is 13.7. The Hall–Kier alpha value is -4.44. The number of hydrogen-bond acceptors (Lipinski definition) is 9. The smallest absolute Gasteiger partial charge is 0.326 e. The van der Waals surface area contributed by atoms with E-state index in [1.807, 2.05) is 0 Å². The first-order valence-electron chi connectivity index (χ1n) is 12.0. The predicted octanol–water partition coefficient (Wildman–Crippen LogP) is -3.89. The monoisotopic (exact) mass is 552 g/mol. The van der Waals surface area contributed by atoms with Gasteiger partial charge in [0.15, 0.2) is 5.96 Å². The molecule has 1 aromatic carbocycles. The van der Waals surface area contributed by atoms with Crippen LogP contribution in [0.25, 0.3) is 0 Å². The van der Waals surface area contributed by atoms with Gasteiger partial charge in [-0.15, -0.1) is 0 Å². The molecule has 14 N–H and O–H groups in total. The van der Waals surface area contributed by atoms with Crippen molar-refractivity contribution in [3.8, 4) is 5.75 Å². The quantitative estimate of drug-likeness (QED) is 0.0506. The number of carbonyl (C=O) groups is 5. The molecule has 0 saturated heterocycles. The van der Waals surface area contributed by atoms with Gasteiger partial charge in [0.05, 0.1) is 12.6 Å². The fraction of sp³-hybridized carbons (Fsp3) is 0.478. The maximum absolute atomic E-state index is 12.9. The first-order chi connectivity index (χ1) is 18.3. The number of nitrogens with one attached hydrogen (secondary N) is 3. The molecule has 16 nitrogen and oxygen atoms in total. The molecule has 0 aliphatic heterocycles. The number of rotatable bonds is 17. The van der Waals surface area contributed by atoms with Crippen LogP contribution < -0.4 is 38.9 Å². The number of hydrogen-bond donors (Lipinski definition) is 10. The van der Waals surface area contributed by atoms with E-state index in [4.69, 9.17) is 22.9 Å². The molecule has 0 fully saturated rings. The van der Waals surface area contributed by atoms with Crippen LogP contribution in [0.3, 0.4) is 0 Å². The van der Waals surface area contributed by atoms with E-state index in [0.29, 0.717) is 5.56 Å². The number of carboxylic acids is 1. The number of aliphatic imine (C=N–C) groups is 1. The molecule has 0 aliphatic carbocycles. The number of phenols is 1. The highest BCUT2D eigenvalue weighted by atomic mass is 16.4. The van der Waals surface area contributed by atoms with Gasteiger partial charge in [-0.25, -0.2) is 4.79 Å². The van der Waals surface area contributed by atoms with Gasteiger partial charge in [0.2, 0.25) is 23.6 Å². The largest absolute Gasteiger partial charge is 0.508 e. The summed E-state index contributed by atoms with van der Waals surface area (Å²) < 4.78 is 0. The summed E-state index contributed by atoms with van der Waals surface area (Å²) in [5.41, 5.74) is 22.2. The van der Waals surface area contributed by atoms with E-state index in [2.05, 4.69) is 20.9 Å². The minimum absolute atomic E-state index is 0.0306. The highest BCUT2D eigenvalue weighted by Crippen LogP contribution is 2.11. The summed E-state index contributed by atoms with van der Waals surface area (Å²) in [4.78, 5) is 64.7. The van der Waals surface area contributed by atoms with Gasteiger partial charge in [-0.3, -0.25) is 24.2 Å². The molecular weight excluding hydrogens is 516 g/mol. The molecule has 216 valence electrons. The van der Waals surface area contributed by atoms with Gasteiger partial charge in [0.1, 0.15) is 23.9 Å². The van der Waals surface area contributed by atoms with Gasteiger partial charge >= 0.3 is 5.97 Å². The van der Waals surface area contributed by atoms with E-state index in [9.17, 15) is 39.3 Å². The van der Waals surface area contributed by atoms with Crippen molar-refractivity contribution in [1.82, 2.24) is 16.0 Å². The number of carboxylic acid groups (broad SMARTS) is 1. The fourth-order valence-electron chi connectivity index (χ4n) is 3.31. The SMILES string of the molecule is NC(=O)CCC(NC(=O)C(N)Cc1ccc(O)cc1)C(=O)NC(CO)C(=O)NC(CCCN=C(N)N)C(=O)O. The first kappa shape index (κ1) is 32.6. The van der Waals surface area contributed by atoms with Crippen molar-refractivity contribution in [2.45, 2.75) is 56.3 Å². The number of benzene rings is 1. The molecule has 4 atom stereocenters. The number of primary amides is 1. The van der Waals surface area contributed by atoms with Crippen LogP contribution in [0.2, 0.25) is 0 Å². The summed E-state index contributed by atoms with van der Waals surface area (Å²) >= 11 is 0. The number of nitrogens with zero attached hydrogens (tertiary/aromatic N) is 1. The van der Waals surface area contributed by atoms with Gasteiger partial charge in [-0.2, -0.15) is 0 Å². The zero-order chi connectivity index (χ0) is 29.5. The van der Waals surface area contributed by atoms with Crippen molar-refractivity contribution in [3.05, 3.63) is 29.8 Å². The Balaban J connectivity index is 2.85. The molecule has 0 spiro atoms. The van der Waals surface area contributed by atoms with E-state index in [-0.39, 0.29) is 50.4 Å². The second kappa shape index (κ2) is 16.4. The lowest BCUT2D eigenvalue weighted by Gasteiger charge is -2.24. The zero-order valence-corrected chi connectivity index (χ0v) is 21.2. The molecular formula is C23H36N8O8. The van der Waals surface area contributed by atoms with Gasteiger partial charge in [-0.1, -0.05) is 12.1 Å². The maximum Gasteiger partial charge on any atom is 0.326 e. The van der Waals surface area contributed by atoms with Crippen LogP contribution in [0.4, 0.5) is 0 Å².